The van der Waals surface area contributed by atoms with Crippen LogP contribution in [0.25, 0.3) is 10.8 Å². The molecule has 1 nitrogen and oxygen atoms in total. The average molecular weight is 232 g/mol. The molecule has 82 valence electrons. The molecule has 1 aliphatic heterocycles. The molecule has 2 heteroatoms. The van der Waals surface area contributed by atoms with Crippen molar-refractivity contribution in [1.29, 1.82) is 0 Å². The number of hydrogen-bond acceptors (Lipinski definition) is 1. The first-order valence-electron chi connectivity index (χ1n) is 5.73. The molecule has 1 fully saturated rings. The van der Waals surface area contributed by atoms with E-state index in [9.17, 15) is 0 Å². The molecule has 0 radical (unpaired) electrons. The Balaban J connectivity index is 2.05. The van der Waals surface area contributed by atoms with Crippen LogP contribution < -0.4 is 5.32 Å². The Hall–Kier alpha value is -1.05. The molecule has 2 aromatic rings. The molecule has 0 saturated carbocycles. The average Bonchev–Trinajstić information content (AvgIpc) is 2.82. The molecule has 1 N–H and O–H groups in total. The van der Waals surface area contributed by atoms with Crippen LogP contribution in [0.15, 0.2) is 36.4 Å². The predicted octanol–water partition coefficient (Wildman–Crippen LogP) is 3.57. The second kappa shape index (κ2) is 4.08. The summed E-state index contributed by atoms with van der Waals surface area (Å²) in [6, 6.07) is 12.8. The lowest BCUT2D eigenvalue weighted by atomic mass is 9.96. The highest BCUT2D eigenvalue weighted by atomic mass is 35.5. The summed E-state index contributed by atoms with van der Waals surface area (Å²) in [4.78, 5) is 0. The fraction of sp³-hybridized carbons (Fsp3) is 0.286. The van der Waals surface area contributed by atoms with Crippen LogP contribution in [0.4, 0.5) is 0 Å². The van der Waals surface area contributed by atoms with E-state index >= 15 is 0 Å². The van der Waals surface area contributed by atoms with Gasteiger partial charge in [0.1, 0.15) is 0 Å². The van der Waals surface area contributed by atoms with Crippen LogP contribution in [0, 0.1) is 0 Å². The van der Waals surface area contributed by atoms with E-state index in [1.165, 1.54) is 22.8 Å². The van der Waals surface area contributed by atoms with Gasteiger partial charge in [0.25, 0.3) is 0 Å². The summed E-state index contributed by atoms with van der Waals surface area (Å²) in [5.74, 6) is 0.681. The van der Waals surface area contributed by atoms with E-state index in [0.717, 1.165) is 18.1 Å². The van der Waals surface area contributed by atoms with Crippen molar-refractivity contribution in [3.8, 4) is 0 Å². The van der Waals surface area contributed by atoms with Crippen LogP contribution in [0.2, 0.25) is 5.02 Å². The van der Waals surface area contributed by atoms with Crippen molar-refractivity contribution in [1.82, 2.24) is 5.32 Å². The molecule has 1 heterocycles. The highest BCUT2D eigenvalue weighted by molar-refractivity contribution is 6.31. The van der Waals surface area contributed by atoms with E-state index in [2.05, 4.69) is 29.6 Å². The van der Waals surface area contributed by atoms with Gasteiger partial charge in [-0.3, -0.25) is 0 Å². The first-order valence-corrected chi connectivity index (χ1v) is 6.11. The maximum absolute atomic E-state index is 5.98. The van der Waals surface area contributed by atoms with Crippen LogP contribution in [0.3, 0.4) is 0 Å². The van der Waals surface area contributed by atoms with Gasteiger partial charge in [-0.25, -0.2) is 0 Å². The molecule has 1 aliphatic rings. The van der Waals surface area contributed by atoms with E-state index in [4.69, 9.17) is 11.6 Å². The van der Waals surface area contributed by atoms with Crippen LogP contribution in [0.1, 0.15) is 17.9 Å². The van der Waals surface area contributed by atoms with Crippen molar-refractivity contribution in [3.05, 3.63) is 47.0 Å². The van der Waals surface area contributed by atoms with Gasteiger partial charge in [-0.2, -0.15) is 0 Å². The van der Waals surface area contributed by atoms with E-state index < -0.39 is 0 Å². The Labute approximate surface area is 100 Å². The summed E-state index contributed by atoms with van der Waals surface area (Å²) in [6.45, 7) is 2.25. The standard InChI is InChI=1S/C14H14ClN/c15-14-4-3-10-7-11(1-2-12(10)8-14)13-5-6-16-9-13/h1-4,7-8,13,16H,5-6,9H2. The fourth-order valence-corrected chi connectivity index (χ4v) is 2.61. The lowest BCUT2D eigenvalue weighted by molar-refractivity contribution is 0.765. The molecule has 0 amide bonds. The van der Waals surface area contributed by atoms with Crippen LogP contribution in [-0.2, 0) is 0 Å². The Morgan fingerprint density at radius 3 is 2.69 bits per heavy atom. The molecule has 1 unspecified atom stereocenters. The van der Waals surface area contributed by atoms with Crippen molar-refractivity contribution in [2.75, 3.05) is 13.1 Å². The lowest BCUT2D eigenvalue weighted by Gasteiger charge is -2.09. The van der Waals surface area contributed by atoms with E-state index in [1.807, 2.05) is 12.1 Å². The minimum absolute atomic E-state index is 0.681. The van der Waals surface area contributed by atoms with Gasteiger partial charge >= 0.3 is 0 Å². The third-order valence-electron chi connectivity index (χ3n) is 3.36. The lowest BCUT2D eigenvalue weighted by Crippen LogP contribution is -2.07. The second-order valence-electron chi connectivity index (χ2n) is 4.44. The summed E-state index contributed by atoms with van der Waals surface area (Å²) < 4.78 is 0. The zero-order chi connectivity index (χ0) is 11.0. The zero-order valence-corrected chi connectivity index (χ0v) is 9.80. The van der Waals surface area contributed by atoms with Gasteiger partial charge in [0, 0.05) is 11.6 Å². The molecule has 0 aromatic heterocycles. The van der Waals surface area contributed by atoms with Gasteiger partial charge in [-0.15, -0.1) is 0 Å². The van der Waals surface area contributed by atoms with Gasteiger partial charge in [0.2, 0.25) is 0 Å². The summed E-state index contributed by atoms with van der Waals surface area (Å²) in [7, 11) is 0. The Morgan fingerprint density at radius 1 is 1.06 bits per heavy atom. The van der Waals surface area contributed by atoms with Gasteiger partial charge in [-0.1, -0.05) is 35.9 Å². The van der Waals surface area contributed by atoms with Gasteiger partial charge in [0.05, 0.1) is 0 Å². The molecule has 0 bridgehead atoms. The van der Waals surface area contributed by atoms with E-state index in [0.29, 0.717) is 5.92 Å². The third kappa shape index (κ3) is 1.81. The Bertz CT molecular complexity index is 515. The molecule has 1 atom stereocenters. The van der Waals surface area contributed by atoms with Crippen molar-refractivity contribution in [3.63, 3.8) is 0 Å². The van der Waals surface area contributed by atoms with Crippen molar-refractivity contribution in [2.45, 2.75) is 12.3 Å². The summed E-state index contributed by atoms with van der Waals surface area (Å²) in [5.41, 5.74) is 1.44. The molecule has 0 spiro atoms. The minimum Gasteiger partial charge on any atom is -0.316 e. The molecule has 0 aliphatic carbocycles. The van der Waals surface area contributed by atoms with Crippen LogP contribution in [-0.4, -0.2) is 13.1 Å². The fourth-order valence-electron chi connectivity index (χ4n) is 2.43. The van der Waals surface area contributed by atoms with Crippen LogP contribution >= 0.6 is 11.6 Å². The number of benzene rings is 2. The quantitative estimate of drug-likeness (QED) is 0.791. The van der Waals surface area contributed by atoms with Gasteiger partial charge in [-0.05, 0) is 47.4 Å². The number of hydrogen-bond donors (Lipinski definition) is 1. The molecule has 16 heavy (non-hydrogen) atoms. The zero-order valence-electron chi connectivity index (χ0n) is 9.04. The molecule has 1 saturated heterocycles. The van der Waals surface area contributed by atoms with Crippen molar-refractivity contribution < 1.29 is 0 Å². The first-order chi connectivity index (χ1) is 7.83. The summed E-state index contributed by atoms with van der Waals surface area (Å²) >= 11 is 5.98. The van der Waals surface area contributed by atoms with Crippen molar-refractivity contribution in [2.24, 2.45) is 0 Å². The highest BCUT2D eigenvalue weighted by Crippen LogP contribution is 2.27. The monoisotopic (exact) mass is 231 g/mol. The Kier molecular flexibility index (Phi) is 2.58. The molecule has 3 rings (SSSR count). The minimum atomic E-state index is 0.681. The number of halogens is 1. The number of fused-ring (bicyclic) bond motifs is 1. The largest absolute Gasteiger partial charge is 0.316 e. The summed E-state index contributed by atoms with van der Waals surface area (Å²) in [6.07, 6.45) is 1.25. The van der Waals surface area contributed by atoms with Gasteiger partial charge in [0.15, 0.2) is 0 Å². The topological polar surface area (TPSA) is 12.0 Å². The highest BCUT2D eigenvalue weighted by Gasteiger charge is 2.16. The number of rotatable bonds is 1. The second-order valence-corrected chi connectivity index (χ2v) is 4.88. The molecular weight excluding hydrogens is 218 g/mol. The summed E-state index contributed by atoms with van der Waals surface area (Å²) in [5, 5.41) is 6.73. The van der Waals surface area contributed by atoms with Crippen LogP contribution in [0.5, 0.6) is 0 Å². The number of nitrogens with one attached hydrogen (secondary N) is 1. The molecular formula is C14H14ClN. The third-order valence-corrected chi connectivity index (χ3v) is 3.59. The smallest absolute Gasteiger partial charge is 0.0412 e. The molecule has 2 aromatic carbocycles. The first kappa shape index (κ1) is 10.1. The van der Waals surface area contributed by atoms with Gasteiger partial charge < -0.3 is 5.32 Å². The van der Waals surface area contributed by atoms with Crippen molar-refractivity contribution >= 4 is 22.4 Å². The van der Waals surface area contributed by atoms with E-state index in [-0.39, 0.29) is 0 Å². The van der Waals surface area contributed by atoms with E-state index in [1.54, 1.807) is 0 Å². The Morgan fingerprint density at radius 2 is 1.88 bits per heavy atom. The maximum atomic E-state index is 5.98. The maximum Gasteiger partial charge on any atom is 0.0412 e. The predicted molar refractivity (Wildman–Crippen MR) is 69.2 cm³/mol. The SMILES string of the molecule is Clc1ccc2cc(C3CCNC3)ccc2c1. The normalized spacial score (nSPS) is 20.4.